The second-order valence-corrected chi connectivity index (χ2v) is 6.46. The first kappa shape index (κ1) is 15.2. The zero-order valence-electron chi connectivity index (χ0n) is 11.1. The highest BCUT2D eigenvalue weighted by Gasteiger charge is 2.19. The fraction of sp³-hybridized carbons (Fsp3) is 0.0714. The molecule has 0 atom stereocenters. The average Bonchev–Trinajstić information content (AvgIpc) is 2.41. The minimum absolute atomic E-state index is 0.0614. The van der Waals surface area contributed by atoms with Gasteiger partial charge in [0.1, 0.15) is 6.07 Å². The van der Waals surface area contributed by atoms with Crippen LogP contribution in [-0.4, -0.2) is 8.42 Å². The number of nitrogens with zero attached hydrogens (tertiary/aromatic N) is 1. The van der Waals surface area contributed by atoms with E-state index < -0.39 is 10.0 Å². The van der Waals surface area contributed by atoms with Crippen LogP contribution >= 0.6 is 11.6 Å². The van der Waals surface area contributed by atoms with Crippen LogP contribution in [0.5, 0.6) is 0 Å². The third-order valence-corrected chi connectivity index (χ3v) is 4.71. The summed E-state index contributed by atoms with van der Waals surface area (Å²) < 4.78 is 27.2. The summed E-state index contributed by atoms with van der Waals surface area (Å²) in [5.74, 6) is 0. The first-order chi connectivity index (χ1) is 9.85. The van der Waals surface area contributed by atoms with Gasteiger partial charge in [-0.3, -0.25) is 4.72 Å². The van der Waals surface area contributed by atoms with E-state index in [0.717, 1.165) is 0 Å². The number of benzene rings is 2. The summed E-state index contributed by atoms with van der Waals surface area (Å²) in [4.78, 5) is 0.0614. The normalized spacial score (nSPS) is 10.9. The number of hydrogen-bond donors (Lipinski definition) is 2. The third-order valence-electron chi connectivity index (χ3n) is 2.96. The molecule has 0 spiro atoms. The van der Waals surface area contributed by atoms with E-state index in [1.165, 1.54) is 24.3 Å². The highest BCUT2D eigenvalue weighted by atomic mass is 35.5. The van der Waals surface area contributed by atoms with Crippen LogP contribution < -0.4 is 10.5 Å². The molecule has 0 heterocycles. The zero-order chi connectivity index (χ0) is 15.6. The number of rotatable bonds is 3. The van der Waals surface area contributed by atoms with Crippen molar-refractivity contribution in [2.24, 2.45) is 0 Å². The van der Waals surface area contributed by atoms with Gasteiger partial charge in [0, 0.05) is 10.7 Å². The molecule has 0 unspecified atom stereocenters. The Morgan fingerprint density at radius 3 is 2.67 bits per heavy atom. The minimum atomic E-state index is -3.86. The summed E-state index contributed by atoms with van der Waals surface area (Å²) in [6, 6.07) is 10.9. The van der Waals surface area contributed by atoms with E-state index in [4.69, 9.17) is 22.6 Å². The number of nitriles is 1. The van der Waals surface area contributed by atoms with Crippen molar-refractivity contribution in [2.75, 3.05) is 10.5 Å². The van der Waals surface area contributed by atoms with Gasteiger partial charge >= 0.3 is 0 Å². The number of anilines is 2. The largest absolute Gasteiger partial charge is 0.398 e. The number of nitrogens with two attached hydrogens (primary N) is 1. The third kappa shape index (κ3) is 3.10. The Morgan fingerprint density at radius 2 is 2.00 bits per heavy atom. The van der Waals surface area contributed by atoms with E-state index in [2.05, 4.69) is 4.72 Å². The molecule has 0 saturated carbocycles. The fourth-order valence-electron chi connectivity index (χ4n) is 1.82. The number of hydrogen-bond acceptors (Lipinski definition) is 4. The van der Waals surface area contributed by atoms with Crippen molar-refractivity contribution in [3.8, 4) is 6.07 Å². The summed E-state index contributed by atoms with van der Waals surface area (Å²) in [5.41, 5.74) is 6.87. The lowest BCUT2D eigenvalue weighted by atomic mass is 10.2. The molecular formula is C14H12ClN3O2S. The Hall–Kier alpha value is -2.23. The van der Waals surface area contributed by atoms with E-state index in [-0.39, 0.29) is 16.1 Å². The number of nitrogens with one attached hydrogen (secondary N) is 1. The van der Waals surface area contributed by atoms with Crippen LogP contribution in [0.1, 0.15) is 11.1 Å². The van der Waals surface area contributed by atoms with Gasteiger partial charge < -0.3 is 5.73 Å². The maximum atomic E-state index is 12.4. The van der Waals surface area contributed by atoms with Gasteiger partial charge in [-0.1, -0.05) is 17.7 Å². The Labute approximate surface area is 128 Å². The molecule has 0 aliphatic rings. The number of halogens is 1. The lowest BCUT2D eigenvalue weighted by molar-refractivity contribution is 0.600. The van der Waals surface area contributed by atoms with Crippen LogP contribution in [0, 0.1) is 18.3 Å². The number of sulfonamides is 1. The van der Waals surface area contributed by atoms with E-state index in [9.17, 15) is 8.42 Å². The second kappa shape index (κ2) is 5.64. The summed E-state index contributed by atoms with van der Waals surface area (Å²) >= 11 is 5.84. The van der Waals surface area contributed by atoms with Gasteiger partial charge in [-0.25, -0.2) is 8.42 Å². The lowest BCUT2D eigenvalue weighted by Gasteiger charge is -2.12. The van der Waals surface area contributed by atoms with Gasteiger partial charge in [0.15, 0.2) is 0 Å². The second-order valence-electron chi connectivity index (χ2n) is 4.38. The fourth-order valence-corrected chi connectivity index (χ4v) is 3.34. The SMILES string of the molecule is Cc1c(N)cccc1S(=O)(=O)Nc1cc(Cl)ccc1C#N. The number of nitrogen functional groups attached to an aromatic ring is 1. The van der Waals surface area contributed by atoms with E-state index in [0.29, 0.717) is 16.3 Å². The van der Waals surface area contributed by atoms with Crippen LogP contribution in [0.4, 0.5) is 11.4 Å². The van der Waals surface area contributed by atoms with Gasteiger partial charge in [0.2, 0.25) is 0 Å². The molecule has 0 amide bonds. The average molecular weight is 322 g/mol. The van der Waals surface area contributed by atoms with E-state index in [1.54, 1.807) is 19.1 Å². The highest BCUT2D eigenvalue weighted by Crippen LogP contribution is 2.26. The molecule has 0 radical (unpaired) electrons. The zero-order valence-corrected chi connectivity index (χ0v) is 12.7. The highest BCUT2D eigenvalue weighted by molar-refractivity contribution is 7.92. The molecule has 0 aromatic heterocycles. The molecule has 0 fully saturated rings. The molecular weight excluding hydrogens is 310 g/mol. The molecule has 21 heavy (non-hydrogen) atoms. The Balaban J connectivity index is 2.50. The van der Waals surface area contributed by atoms with Gasteiger partial charge in [0.25, 0.3) is 10.0 Å². The van der Waals surface area contributed by atoms with Crippen molar-refractivity contribution in [1.82, 2.24) is 0 Å². The first-order valence-electron chi connectivity index (χ1n) is 5.92. The van der Waals surface area contributed by atoms with Gasteiger partial charge in [-0.05, 0) is 42.8 Å². The van der Waals surface area contributed by atoms with Crippen LogP contribution in [0.25, 0.3) is 0 Å². The summed E-state index contributed by atoms with van der Waals surface area (Å²) in [6.45, 7) is 1.62. The molecule has 2 rings (SSSR count). The van der Waals surface area contributed by atoms with Crippen LogP contribution in [0.2, 0.25) is 5.02 Å². The molecule has 0 aliphatic heterocycles. The Bertz CT molecular complexity index is 842. The van der Waals surface area contributed by atoms with Gasteiger partial charge in [-0.2, -0.15) is 5.26 Å². The topological polar surface area (TPSA) is 96.0 Å². The van der Waals surface area contributed by atoms with Crippen molar-refractivity contribution in [2.45, 2.75) is 11.8 Å². The van der Waals surface area contributed by atoms with Crippen LogP contribution in [0.15, 0.2) is 41.3 Å². The molecule has 3 N–H and O–H groups in total. The Kier molecular flexibility index (Phi) is 4.07. The summed E-state index contributed by atoms with van der Waals surface area (Å²) in [7, 11) is -3.86. The van der Waals surface area contributed by atoms with Crippen molar-refractivity contribution < 1.29 is 8.42 Å². The Morgan fingerprint density at radius 1 is 1.29 bits per heavy atom. The summed E-state index contributed by atoms with van der Waals surface area (Å²) in [6.07, 6.45) is 0. The van der Waals surface area contributed by atoms with Crippen molar-refractivity contribution in [3.63, 3.8) is 0 Å². The smallest absolute Gasteiger partial charge is 0.262 e. The molecule has 0 bridgehead atoms. The maximum Gasteiger partial charge on any atom is 0.262 e. The predicted octanol–water partition coefficient (Wildman–Crippen LogP) is 2.90. The molecule has 2 aromatic rings. The van der Waals surface area contributed by atoms with Gasteiger partial charge in [0.05, 0.1) is 16.1 Å². The van der Waals surface area contributed by atoms with Crippen molar-refractivity contribution in [3.05, 3.63) is 52.5 Å². The first-order valence-corrected chi connectivity index (χ1v) is 7.79. The predicted molar refractivity (Wildman–Crippen MR) is 82.6 cm³/mol. The molecule has 2 aromatic carbocycles. The van der Waals surface area contributed by atoms with Crippen molar-refractivity contribution in [1.29, 1.82) is 5.26 Å². The van der Waals surface area contributed by atoms with E-state index >= 15 is 0 Å². The monoisotopic (exact) mass is 321 g/mol. The lowest BCUT2D eigenvalue weighted by Crippen LogP contribution is -2.15. The quantitative estimate of drug-likeness (QED) is 0.849. The van der Waals surface area contributed by atoms with E-state index in [1.807, 2.05) is 6.07 Å². The van der Waals surface area contributed by atoms with Crippen LogP contribution in [-0.2, 0) is 10.0 Å². The maximum absolute atomic E-state index is 12.4. The molecule has 0 aliphatic carbocycles. The summed E-state index contributed by atoms with van der Waals surface area (Å²) in [5, 5.41) is 9.36. The molecule has 0 saturated heterocycles. The van der Waals surface area contributed by atoms with Crippen molar-refractivity contribution >= 4 is 33.0 Å². The molecule has 7 heteroatoms. The standard InChI is InChI=1S/C14H12ClN3O2S/c1-9-12(17)3-2-4-14(9)21(19,20)18-13-7-11(15)6-5-10(13)8-16/h2-7,18H,17H2,1H3. The minimum Gasteiger partial charge on any atom is -0.398 e. The van der Waals surface area contributed by atoms with Crippen LogP contribution in [0.3, 0.4) is 0 Å². The molecule has 5 nitrogen and oxygen atoms in total. The molecule has 108 valence electrons. The van der Waals surface area contributed by atoms with Gasteiger partial charge in [-0.15, -0.1) is 0 Å².